The molecule has 19 heavy (non-hydrogen) atoms. The molecule has 2 rings (SSSR count). The molecule has 1 aromatic heterocycles. The van der Waals surface area contributed by atoms with Crippen molar-refractivity contribution in [3.63, 3.8) is 0 Å². The quantitative estimate of drug-likeness (QED) is 0.935. The van der Waals surface area contributed by atoms with E-state index in [0.717, 1.165) is 11.1 Å². The Kier molecular flexibility index (Phi) is 4.45. The zero-order chi connectivity index (χ0) is 13.8. The molecule has 1 N–H and O–H groups in total. The van der Waals surface area contributed by atoms with Crippen LogP contribution >= 0.6 is 11.6 Å². The van der Waals surface area contributed by atoms with Gasteiger partial charge in [-0.15, -0.1) is 0 Å². The number of nitrogens with one attached hydrogen (secondary N) is 1. The van der Waals surface area contributed by atoms with E-state index < -0.39 is 5.82 Å². The standard InChI is InChI=1S/C14H15ClFN3/c1-9-7-18-14(19-8-9)13(17-2)6-10-3-4-12(16)11(15)5-10/h3-5,7-8,13,17H,6H2,1-2H3. The van der Waals surface area contributed by atoms with Crippen LogP contribution < -0.4 is 5.32 Å². The number of aromatic nitrogens is 2. The Morgan fingerprint density at radius 2 is 2.00 bits per heavy atom. The predicted molar refractivity (Wildman–Crippen MR) is 73.7 cm³/mol. The first-order valence-electron chi connectivity index (χ1n) is 6.00. The molecule has 1 heterocycles. The summed E-state index contributed by atoms with van der Waals surface area (Å²) in [4.78, 5) is 8.61. The second kappa shape index (κ2) is 6.08. The highest BCUT2D eigenvalue weighted by Crippen LogP contribution is 2.20. The lowest BCUT2D eigenvalue weighted by Gasteiger charge is -2.15. The van der Waals surface area contributed by atoms with E-state index in [4.69, 9.17) is 11.6 Å². The number of hydrogen-bond acceptors (Lipinski definition) is 3. The highest BCUT2D eigenvalue weighted by atomic mass is 35.5. The van der Waals surface area contributed by atoms with Gasteiger partial charge in [0.15, 0.2) is 0 Å². The summed E-state index contributed by atoms with van der Waals surface area (Å²) in [5.74, 6) is 0.312. The lowest BCUT2D eigenvalue weighted by Crippen LogP contribution is -2.21. The third kappa shape index (κ3) is 3.49. The summed E-state index contributed by atoms with van der Waals surface area (Å²) >= 11 is 5.78. The van der Waals surface area contributed by atoms with Gasteiger partial charge in [0.05, 0.1) is 11.1 Å². The number of halogens is 2. The van der Waals surface area contributed by atoms with E-state index >= 15 is 0 Å². The molecule has 0 amide bonds. The Bertz CT molecular complexity index is 557. The van der Waals surface area contributed by atoms with Crippen LogP contribution in [0.4, 0.5) is 4.39 Å². The summed E-state index contributed by atoms with van der Waals surface area (Å²) in [7, 11) is 1.85. The van der Waals surface area contributed by atoms with E-state index in [-0.39, 0.29) is 11.1 Å². The number of hydrogen-bond donors (Lipinski definition) is 1. The predicted octanol–water partition coefficient (Wildman–Crippen LogP) is 3.08. The highest BCUT2D eigenvalue weighted by Gasteiger charge is 2.13. The van der Waals surface area contributed by atoms with Gasteiger partial charge in [-0.2, -0.15) is 0 Å². The fourth-order valence-electron chi connectivity index (χ4n) is 1.81. The van der Waals surface area contributed by atoms with Crippen molar-refractivity contribution in [1.29, 1.82) is 0 Å². The molecule has 3 nitrogen and oxygen atoms in total. The van der Waals surface area contributed by atoms with E-state index in [9.17, 15) is 4.39 Å². The van der Waals surface area contributed by atoms with E-state index in [1.54, 1.807) is 24.5 Å². The summed E-state index contributed by atoms with van der Waals surface area (Å²) in [5.41, 5.74) is 1.96. The van der Waals surface area contributed by atoms with E-state index in [1.165, 1.54) is 6.07 Å². The molecule has 100 valence electrons. The third-order valence-electron chi connectivity index (χ3n) is 2.88. The molecule has 0 aliphatic carbocycles. The van der Waals surface area contributed by atoms with Gasteiger partial charge in [0.1, 0.15) is 11.6 Å². The molecule has 0 spiro atoms. The van der Waals surface area contributed by atoms with Crippen molar-refractivity contribution in [2.75, 3.05) is 7.05 Å². The maximum Gasteiger partial charge on any atom is 0.145 e. The first-order chi connectivity index (χ1) is 9.10. The summed E-state index contributed by atoms with van der Waals surface area (Å²) in [6.07, 6.45) is 4.22. The van der Waals surface area contributed by atoms with Gasteiger partial charge >= 0.3 is 0 Å². The molecule has 1 aromatic carbocycles. The topological polar surface area (TPSA) is 37.8 Å². The molecule has 5 heteroatoms. The molecular formula is C14H15ClFN3. The van der Waals surface area contributed by atoms with Crippen molar-refractivity contribution in [3.05, 3.63) is 58.4 Å². The number of nitrogens with zero attached hydrogens (tertiary/aromatic N) is 2. The van der Waals surface area contributed by atoms with Crippen LogP contribution in [0.3, 0.4) is 0 Å². The summed E-state index contributed by atoms with van der Waals surface area (Å²) in [6.45, 7) is 1.94. The van der Waals surface area contributed by atoms with Crippen LogP contribution in [0, 0.1) is 12.7 Å². The van der Waals surface area contributed by atoms with Gasteiger partial charge in [-0.25, -0.2) is 14.4 Å². The largest absolute Gasteiger partial charge is 0.310 e. The fraction of sp³-hybridized carbons (Fsp3) is 0.286. The summed E-state index contributed by atoms with van der Waals surface area (Å²) in [5, 5.41) is 3.29. The molecule has 0 radical (unpaired) electrons. The van der Waals surface area contributed by atoms with Crippen molar-refractivity contribution in [2.24, 2.45) is 0 Å². The van der Waals surface area contributed by atoms with Crippen LogP contribution in [0.15, 0.2) is 30.6 Å². The van der Waals surface area contributed by atoms with Gasteiger partial charge < -0.3 is 5.32 Å². The molecule has 1 atom stereocenters. The van der Waals surface area contributed by atoms with Crippen LogP contribution in [-0.4, -0.2) is 17.0 Å². The zero-order valence-corrected chi connectivity index (χ0v) is 11.6. The van der Waals surface area contributed by atoms with E-state index in [2.05, 4.69) is 15.3 Å². The maximum absolute atomic E-state index is 13.1. The van der Waals surface area contributed by atoms with Gasteiger partial charge in [-0.1, -0.05) is 17.7 Å². The first kappa shape index (κ1) is 13.9. The van der Waals surface area contributed by atoms with Crippen LogP contribution in [0.2, 0.25) is 5.02 Å². The minimum atomic E-state index is -0.405. The Morgan fingerprint density at radius 3 is 2.58 bits per heavy atom. The third-order valence-corrected chi connectivity index (χ3v) is 3.17. The molecule has 1 unspecified atom stereocenters. The Morgan fingerprint density at radius 1 is 1.32 bits per heavy atom. The zero-order valence-electron chi connectivity index (χ0n) is 10.8. The second-order valence-electron chi connectivity index (χ2n) is 4.41. The molecule has 2 aromatic rings. The number of benzene rings is 1. The smallest absolute Gasteiger partial charge is 0.145 e. The minimum Gasteiger partial charge on any atom is -0.310 e. The van der Waals surface area contributed by atoms with Gasteiger partial charge in [0.2, 0.25) is 0 Å². The fourth-order valence-corrected chi connectivity index (χ4v) is 2.01. The molecule has 0 aliphatic rings. The minimum absolute atomic E-state index is 0.0258. The van der Waals surface area contributed by atoms with Crippen LogP contribution in [-0.2, 0) is 6.42 Å². The van der Waals surface area contributed by atoms with Crippen LogP contribution in [0.1, 0.15) is 23.0 Å². The Hall–Kier alpha value is -1.52. The van der Waals surface area contributed by atoms with Gasteiger partial charge in [-0.05, 0) is 43.7 Å². The van der Waals surface area contributed by atoms with E-state index in [1.807, 2.05) is 14.0 Å². The molecule has 0 aliphatic heterocycles. The molecule has 0 fully saturated rings. The monoisotopic (exact) mass is 279 g/mol. The second-order valence-corrected chi connectivity index (χ2v) is 4.82. The number of aryl methyl sites for hydroxylation is 1. The normalized spacial score (nSPS) is 12.4. The molecule has 0 saturated heterocycles. The van der Waals surface area contributed by atoms with E-state index in [0.29, 0.717) is 12.2 Å². The maximum atomic E-state index is 13.1. The van der Waals surface area contributed by atoms with Gasteiger partial charge in [0, 0.05) is 12.4 Å². The highest BCUT2D eigenvalue weighted by molar-refractivity contribution is 6.30. The van der Waals surface area contributed by atoms with Crippen LogP contribution in [0.25, 0.3) is 0 Å². The average Bonchev–Trinajstić information content (AvgIpc) is 2.41. The summed E-state index contributed by atoms with van der Waals surface area (Å²) in [6, 6.07) is 4.71. The van der Waals surface area contributed by atoms with Gasteiger partial charge in [-0.3, -0.25) is 0 Å². The molecule has 0 saturated carbocycles. The van der Waals surface area contributed by atoms with Crippen molar-refractivity contribution < 1.29 is 4.39 Å². The first-order valence-corrected chi connectivity index (χ1v) is 6.37. The lowest BCUT2D eigenvalue weighted by molar-refractivity contribution is 0.555. The summed E-state index contributed by atoms with van der Waals surface area (Å²) < 4.78 is 13.1. The Balaban J connectivity index is 2.18. The lowest BCUT2D eigenvalue weighted by atomic mass is 10.1. The average molecular weight is 280 g/mol. The van der Waals surface area contributed by atoms with Crippen molar-refractivity contribution >= 4 is 11.6 Å². The van der Waals surface area contributed by atoms with Crippen molar-refractivity contribution in [1.82, 2.24) is 15.3 Å². The van der Waals surface area contributed by atoms with Gasteiger partial charge in [0.25, 0.3) is 0 Å². The SMILES string of the molecule is CNC(Cc1ccc(F)c(Cl)c1)c1ncc(C)cn1. The molecular weight excluding hydrogens is 265 g/mol. The number of likely N-dealkylation sites (N-methyl/N-ethyl adjacent to an activating group) is 1. The van der Waals surface area contributed by atoms with Crippen molar-refractivity contribution in [2.45, 2.75) is 19.4 Å². The Labute approximate surface area is 116 Å². The van der Waals surface area contributed by atoms with Crippen molar-refractivity contribution in [3.8, 4) is 0 Å². The van der Waals surface area contributed by atoms with Crippen LogP contribution in [0.5, 0.6) is 0 Å². The number of rotatable bonds is 4. The molecule has 0 bridgehead atoms.